The smallest absolute Gasteiger partial charge is 0.220 e. The standard InChI is InChI=1S/C23H29ClN2O2/c1-28-21-12-8-19(9-13-21)22(26-15-3-2-4-16-26)17-25-23(27)14-7-18-5-10-20(24)11-6-18/h5-6,8-13,22H,2-4,7,14-17H2,1H3,(H,25,27). The Morgan fingerprint density at radius 3 is 2.39 bits per heavy atom. The Kier molecular flexibility index (Phi) is 7.75. The van der Waals surface area contributed by atoms with Crippen LogP contribution in [0.5, 0.6) is 5.75 Å². The van der Waals surface area contributed by atoms with Crippen molar-refractivity contribution in [1.29, 1.82) is 0 Å². The van der Waals surface area contributed by atoms with Crippen molar-refractivity contribution < 1.29 is 9.53 Å². The molecule has 1 aliphatic rings. The van der Waals surface area contributed by atoms with Crippen LogP contribution in [-0.2, 0) is 11.2 Å². The Labute approximate surface area is 172 Å². The van der Waals surface area contributed by atoms with Crippen LogP contribution in [0.2, 0.25) is 5.02 Å². The molecule has 4 nitrogen and oxygen atoms in total. The highest BCUT2D eigenvalue weighted by atomic mass is 35.5. The molecular weight excluding hydrogens is 372 g/mol. The van der Waals surface area contributed by atoms with E-state index in [9.17, 15) is 4.79 Å². The molecule has 1 fully saturated rings. The van der Waals surface area contributed by atoms with Crippen molar-refractivity contribution in [2.75, 3.05) is 26.7 Å². The van der Waals surface area contributed by atoms with Gasteiger partial charge in [0.2, 0.25) is 5.91 Å². The molecule has 1 heterocycles. The van der Waals surface area contributed by atoms with E-state index in [2.05, 4.69) is 22.3 Å². The molecule has 28 heavy (non-hydrogen) atoms. The molecule has 0 bridgehead atoms. The lowest BCUT2D eigenvalue weighted by atomic mass is 10.0. The minimum Gasteiger partial charge on any atom is -0.497 e. The Morgan fingerprint density at radius 1 is 1.07 bits per heavy atom. The van der Waals surface area contributed by atoms with Crippen molar-refractivity contribution in [2.24, 2.45) is 0 Å². The Hall–Kier alpha value is -2.04. The predicted molar refractivity (Wildman–Crippen MR) is 114 cm³/mol. The lowest BCUT2D eigenvalue weighted by Crippen LogP contribution is -2.40. The molecule has 0 spiro atoms. The summed E-state index contributed by atoms with van der Waals surface area (Å²) in [7, 11) is 1.68. The summed E-state index contributed by atoms with van der Waals surface area (Å²) in [6.07, 6.45) is 4.94. The number of nitrogens with one attached hydrogen (secondary N) is 1. The second-order valence-corrected chi connectivity index (χ2v) is 7.75. The lowest BCUT2D eigenvalue weighted by Gasteiger charge is -2.35. The first-order valence-electron chi connectivity index (χ1n) is 10.0. The van der Waals surface area contributed by atoms with Crippen LogP contribution in [-0.4, -0.2) is 37.6 Å². The Balaban J connectivity index is 1.58. The molecule has 0 aromatic heterocycles. The van der Waals surface area contributed by atoms with Gasteiger partial charge in [-0.1, -0.05) is 42.3 Å². The zero-order valence-electron chi connectivity index (χ0n) is 16.5. The van der Waals surface area contributed by atoms with Crippen molar-refractivity contribution in [1.82, 2.24) is 10.2 Å². The number of halogens is 1. The van der Waals surface area contributed by atoms with Crippen LogP contribution >= 0.6 is 11.6 Å². The van der Waals surface area contributed by atoms with Crippen LogP contribution in [0.3, 0.4) is 0 Å². The molecule has 0 saturated carbocycles. The molecule has 1 N–H and O–H groups in total. The maximum absolute atomic E-state index is 12.4. The first-order valence-corrected chi connectivity index (χ1v) is 10.4. The van der Waals surface area contributed by atoms with Gasteiger partial charge in [0.25, 0.3) is 0 Å². The van der Waals surface area contributed by atoms with Gasteiger partial charge >= 0.3 is 0 Å². The van der Waals surface area contributed by atoms with E-state index >= 15 is 0 Å². The summed E-state index contributed by atoms with van der Waals surface area (Å²) < 4.78 is 5.28. The fourth-order valence-electron chi connectivity index (χ4n) is 3.72. The van der Waals surface area contributed by atoms with Gasteiger partial charge in [-0.05, 0) is 67.7 Å². The van der Waals surface area contributed by atoms with Crippen LogP contribution in [0.15, 0.2) is 48.5 Å². The number of rotatable bonds is 8. The number of carbonyl (C=O) groups is 1. The normalized spacial score (nSPS) is 15.8. The van der Waals surface area contributed by atoms with Crippen LogP contribution in [0.25, 0.3) is 0 Å². The van der Waals surface area contributed by atoms with E-state index in [1.807, 2.05) is 36.4 Å². The number of likely N-dealkylation sites (tertiary alicyclic amines) is 1. The molecule has 1 saturated heterocycles. The lowest BCUT2D eigenvalue weighted by molar-refractivity contribution is -0.121. The third-order valence-electron chi connectivity index (χ3n) is 5.38. The van der Waals surface area contributed by atoms with Gasteiger partial charge in [-0.15, -0.1) is 0 Å². The van der Waals surface area contributed by atoms with Gasteiger partial charge in [0.1, 0.15) is 5.75 Å². The van der Waals surface area contributed by atoms with E-state index in [-0.39, 0.29) is 11.9 Å². The van der Waals surface area contributed by atoms with Gasteiger partial charge in [0, 0.05) is 18.0 Å². The predicted octanol–water partition coefficient (Wildman–Crippen LogP) is 4.62. The largest absolute Gasteiger partial charge is 0.497 e. The number of hydrogen-bond acceptors (Lipinski definition) is 3. The molecule has 0 radical (unpaired) electrons. The van der Waals surface area contributed by atoms with E-state index in [1.165, 1.54) is 24.8 Å². The maximum atomic E-state index is 12.4. The third kappa shape index (κ3) is 5.98. The van der Waals surface area contributed by atoms with Gasteiger partial charge < -0.3 is 10.1 Å². The summed E-state index contributed by atoms with van der Waals surface area (Å²) in [6, 6.07) is 16.1. The summed E-state index contributed by atoms with van der Waals surface area (Å²) in [5.41, 5.74) is 2.35. The molecule has 2 aromatic rings. The highest BCUT2D eigenvalue weighted by Gasteiger charge is 2.22. The van der Waals surface area contributed by atoms with E-state index in [0.717, 1.165) is 35.8 Å². The van der Waals surface area contributed by atoms with Crippen LogP contribution in [0.1, 0.15) is 42.9 Å². The van der Waals surface area contributed by atoms with Gasteiger partial charge in [-0.3, -0.25) is 9.69 Å². The molecular formula is C23H29ClN2O2. The fourth-order valence-corrected chi connectivity index (χ4v) is 3.85. The summed E-state index contributed by atoms with van der Waals surface area (Å²) in [4.78, 5) is 14.9. The maximum Gasteiger partial charge on any atom is 0.220 e. The highest BCUT2D eigenvalue weighted by molar-refractivity contribution is 6.30. The minimum absolute atomic E-state index is 0.0884. The number of aryl methyl sites for hydroxylation is 1. The zero-order chi connectivity index (χ0) is 19.8. The molecule has 3 rings (SSSR count). The molecule has 5 heteroatoms. The summed E-state index contributed by atoms with van der Waals surface area (Å²) in [5.74, 6) is 0.943. The molecule has 1 atom stereocenters. The number of ether oxygens (including phenoxy) is 1. The van der Waals surface area contributed by atoms with E-state index in [4.69, 9.17) is 16.3 Å². The second-order valence-electron chi connectivity index (χ2n) is 7.32. The Bertz CT molecular complexity index is 740. The SMILES string of the molecule is COc1ccc(C(CNC(=O)CCc2ccc(Cl)cc2)N2CCCCC2)cc1. The third-order valence-corrected chi connectivity index (χ3v) is 5.63. The van der Waals surface area contributed by atoms with Gasteiger partial charge in [0.05, 0.1) is 13.2 Å². The van der Waals surface area contributed by atoms with Crippen molar-refractivity contribution in [2.45, 2.75) is 38.1 Å². The van der Waals surface area contributed by atoms with E-state index < -0.39 is 0 Å². The number of benzene rings is 2. The van der Waals surface area contributed by atoms with Gasteiger partial charge in [0.15, 0.2) is 0 Å². The second kappa shape index (κ2) is 10.5. The number of methoxy groups -OCH3 is 1. The van der Waals surface area contributed by atoms with Crippen LogP contribution in [0, 0.1) is 0 Å². The number of nitrogens with zero attached hydrogens (tertiary/aromatic N) is 1. The van der Waals surface area contributed by atoms with Crippen LogP contribution < -0.4 is 10.1 Å². The molecule has 2 aromatic carbocycles. The summed E-state index contributed by atoms with van der Waals surface area (Å²) in [6.45, 7) is 2.79. The van der Waals surface area contributed by atoms with Crippen molar-refractivity contribution >= 4 is 17.5 Å². The van der Waals surface area contributed by atoms with E-state index in [1.54, 1.807) is 7.11 Å². The minimum atomic E-state index is 0.0884. The topological polar surface area (TPSA) is 41.6 Å². The van der Waals surface area contributed by atoms with Crippen molar-refractivity contribution in [3.8, 4) is 5.75 Å². The van der Waals surface area contributed by atoms with E-state index in [0.29, 0.717) is 13.0 Å². The molecule has 150 valence electrons. The highest BCUT2D eigenvalue weighted by Crippen LogP contribution is 2.26. The van der Waals surface area contributed by atoms with Crippen molar-refractivity contribution in [3.63, 3.8) is 0 Å². The quantitative estimate of drug-likeness (QED) is 0.702. The average molecular weight is 401 g/mol. The number of hydrogen-bond donors (Lipinski definition) is 1. The molecule has 1 aliphatic heterocycles. The monoisotopic (exact) mass is 400 g/mol. The summed E-state index contributed by atoms with van der Waals surface area (Å²) in [5, 5.41) is 3.87. The number of amides is 1. The average Bonchev–Trinajstić information content (AvgIpc) is 2.74. The molecule has 0 aliphatic carbocycles. The van der Waals surface area contributed by atoms with Gasteiger partial charge in [-0.25, -0.2) is 0 Å². The first kappa shape index (κ1) is 20.7. The van der Waals surface area contributed by atoms with Crippen molar-refractivity contribution in [3.05, 3.63) is 64.7 Å². The first-order chi connectivity index (χ1) is 13.7. The number of piperidine rings is 1. The van der Waals surface area contributed by atoms with Crippen LogP contribution in [0.4, 0.5) is 0 Å². The fraction of sp³-hybridized carbons (Fsp3) is 0.435. The molecule has 1 amide bonds. The zero-order valence-corrected chi connectivity index (χ0v) is 17.3. The Morgan fingerprint density at radius 2 is 1.75 bits per heavy atom. The number of carbonyl (C=O) groups excluding carboxylic acids is 1. The molecule has 1 unspecified atom stereocenters. The van der Waals surface area contributed by atoms with Gasteiger partial charge in [-0.2, -0.15) is 0 Å². The summed E-state index contributed by atoms with van der Waals surface area (Å²) >= 11 is 5.92.